The molecule has 0 radical (unpaired) electrons. The topological polar surface area (TPSA) is 68.5 Å². The highest BCUT2D eigenvalue weighted by molar-refractivity contribution is 7.99. The summed E-state index contributed by atoms with van der Waals surface area (Å²) >= 11 is 8.24. The van der Waals surface area contributed by atoms with Crippen molar-refractivity contribution in [2.45, 2.75) is 61.8 Å². The van der Waals surface area contributed by atoms with Crippen LogP contribution in [0, 0.1) is 5.92 Å². The normalized spacial score (nSPS) is 21.3. The fourth-order valence-electron chi connectivity index (χ4n) is 4.11. The number of benzene rings is 1. The first-order valence-electron chi connectivity index (χ1n) is 10.0. The van der Waals surface area contributed by atoms with E-state index in [0.717, 1.165) is 34.6 Å². The van der Waals surface area contributed by atoms with E-state index >= 15 is 0 Å². The second-order valence-electron chi connectivity index (χ2n) is 8.27. The second kappa shape index (κ2) is 6.81. The first kappa shape index (κ1) is 19.1. The first-order valence-corrected chi connectivity index (χ1v) is 11.3. The number of carboxylic acids is 1. The van der Waals surface area contributed by atoms with E-state index < -0.39 is 11.5 Å². The maximum Gasteiger partial charge on any atom is 0.341 e. The van der Waals surface area contributed by atoms with E-state index in [1.807, 2.05) is 19.1 Å². The molecule has 2 fully saturated rings. The summed E-state index contributed by atoms with van der Waals surface area (Å²) in [6.07, 6.45) is 4.30. The monoisotopic (exact) mass is 431 g/mol. The Hall–Kier alpha value is -1.92. The van der Waals surface area contributed by atoms with Gasteiger partial charge < -0.3 is 14.4 Å². The van der Waals surface area contributed by atoms with E-state index in [1.54, 1.807) is 22.4 Å². The molecule has 1 aromatic carbocycles. The Morgan fingerprint density at radius 1 is 1.28 bits per heavy atom. The van der Waals surface area contributed by atoms with Crippen molar-refractivity contribution >= 4 is 29.3 Å². The maximum absolute atomic E-state index is 13.0. The number of fused-ring (bicyclic) bond motifs is 3. The average molecular weight is 432 g/mol. The summed E-state index contributed by atoms with van der Waals surface area (Å²) < 4.78 is 7.82. The van der Waals surface area contributed by atoms with Crippen molar-refractivity contribution in [3.05, 3.63) is 44.7 Å². The second-order valence-corrected chi connectivity index (χ2v) is 10.1. The minimum atomic E-state index is -1.17. The molecule has 2 aromatic rings. The van der Waals surface area contributed by atoms with Crippen molar-refractivity contribution in [1.29, 1.82) is 0 Å². The van der Waals surface area contributed by atoms with E-state index in [2.05, 4.69) is 6.92 Å². The molecule has 2 saturated carbocycles. The van der Waals surface area contributed by atoms with Crippen LogP contribution in [-0.2, 0) is 0 Å². The molecule has 5 nitrogen and oxygen atoms in total. The van der Waals surface area contributed by atoms with Crippen LogP contribution in [0.5, 0.6) is 5.75 Å². The molecule has 2 aliphatic carbocycles. The number of carbonyl (C=O) groups is 1. The third kappa shape index (κ3) is 3.26. The van der Waals surface area contributed by atoms with Gasteiger partial charge in [-0.2, -0.15) is 0 Å². The number of hydrogen-bond donors (Lipinski definition) is 1. The number of halogens is 1. The number of aromatic carboxylic acids is 1. The number of carboxylic acid groups (broad SMARTS) is 1. The molecule has 1 aliphatic heterocycles. The number of hydrogen-bond acceptors (Lipinski definition) is 4. The molecular formula is C22H22ClNO4S. The number of thioether (sulfide) groups is 1. The molecule has 29 heavy (non-hydrogen) atoms. The SMILES string of the molecule is CC1Sc2cc(OC(C)C3CC3)c(Cl)cc2-c2c1cc(C(=O)O)c(=O)n2C1CC1. The van der Waals surface area contributed by atoms with Crippen LogP contribution in [0.25, 0.3) is 11.3 Å². The smallest absolute Gasteiger partial charge is 0.341 e. The minimum absolute atomic E-state index is 0.0241. The predicted octanol–water partition coefficient (Wildman–Crippen LogP) is 5.55. The Morgan fingerprint density at radius 2 is 2.00 bits per heavy atom. The van der Waals surface area contributed by atoms with Crippen molar-refractivity contribution in [1.82, 2.24) is 4.57 Å². The summed E-state index contributed by atoms with van der Waals surface area (Å²) in [7, 11) is 0. The first-order chi connectivity index (χ1) is 13.8. The molecule has 0 saturated heterocycles. The van der Waals surface area contributed by atoms with Crippen LogP contribution in [0.3, 0.4) is 0 Å². The molecule has 0 bridgehead atoms. The lowest BCUT2D eigenvalue weighted by Crippen LogP contribution is -2.29. The highest BCUT2D eigenvalue weighted by Crippen LogP contribution is 2.53. The molecule has 2 unspecified atom stereocenters. The van der Waals surface area contributed by atoms with E-state index in [-0.39, 0.29) is 23.0 Å². The summed E-state index contributed by atoms with van der Waals surface area (Å²) in [6, 6.07) is 5.46. The minimum Gasteiger partial charge on any atom is -0.489 e. The van der Waals surface area contributed by atoms with Crippen molar-refractivity contribution < 1.29 is 14.6 Å². The largest absolute Gasteiger partial charge is 0.489 e. The van der Waals surface area contributed by atoms with Gasteiger partial charge in [-0.05, 0) is 69.2 Å². The van der Waals surface area contributed by atoms with Crippen molar-refractivity contribution in [2.75, 3.05) is 0 Å². The van der Waals surface area contributed by atoms with Gasteiger partial charge in [-0.25, -0.2) is 4.79 Å². The maximum atomic E-state index is 13.0. The van der Waals surface area contributed by atoms with E-state index in [4.69, 9.17) is 16.3 Å². The van der Waals surface area contributed by atoms with Gasteiger partial charge in [0.2, 0.25) is 0 Å². The fourth-order valence-corrected chi connectivity index (χ4v) is 5.46. The lowest BCUT2D eigenvalue weighted by Gasteiger charge is -2.29. The lowest BCUT2D eigenvalue weighted by molar-refractivity contribution is 0.0694. The third-order valence-corrected chi connectivity index (χ3v) is 7.53. The molecule has 5 rings (SSSR count). The summed E-state index contributed by atoms with van der Waals surface area (Å²) in [4.78, 5) is 25.7. The summed E-state index contributed by atoms with van der Waals surface area (Å²) in [5.74, 6) is 0.102. The Kier molecular flexibility index (Phi) is 4.48. The summed E-state index contributed by atoms with van der Waals surface area (Å²) in [6.45, 7) is 4.12. The summed E-state index contributed by atoms with van der Waals surface area (Å²) in [5, 5.41) is 10.1. The van der Waals surface area contributed by atoms with Gasteiger partial charge in [0.1, 0.15) is 11.3 Å². The quantitative estimate of drug-likeness (QED) is 0.672. The molecule has 1 N–H and O–H groups in total. The predicted molar refractivity (Wildman–Crippen MR) is 113 cm³/mol. The molecular weight excluding hydrogens is 410 g/mol. The van der Waals surface area contributed by atoms with Crippen LogP contribution in [0.4, 0.5) is 0 Å². The van der Waals surface area contributed by atoms with Crippen LogP contribution in [0.2, 0.25) is 5.02 Å². The Labute approximate surface area is 178 Å². The molecule has 0 spiro atoms. The van der Waals surface area contributed by atoms with Crippen LogP contribution in [-0.4, -0.2) is 21.7 Å². The van der Waals surface area contributed by atoms with E-state index in [9.17, 15) is 14.7 Å². The molecule has 1 aromatic heterocycles. The van der Waals surface area contributed by atoms with Crippen LogP contribution >= 0.6 is 23.4 Å². The highest BCUT2D eigenvalue weighted by atomic mass is 35.5. The molecule has 152 valence electrons. The Morgan fingerprint density at radius 3 is 2.62 bits per heavy atom. The lowest BCUT2D eigenvalue weighted by atomic mass is 9.99. The molecule has 0 amide bonds. The average Bonchev–Trinajstić information content (AvgIpc) is 3.54. The molecule has 2 atom stereocenters. The molecule has 7 heteroatoms. The standard InChI is InChI=1S/C22H22ClNO4S/c1-10(12-3-4-12)28-18-9-19-15(8-17(18)23)20-14(11(2)29-19)7-16(22(26)27)21(25)24(20)13-5-6-13/h7-13H,3-6H2,1-2H3,(H,26,27). The van der Waals surface area contributed by atoms with Gasteiger partial charge in [0.15, 0.2) is 0 Å². The zero-order valence-electron chi connectivity index (χ0n) is 16.3. The molecule has 3 aliphatic rings. The van der Waals surface area contributed by atoms with Crippen molar-refractivity contribution in [3.8, 4) is 17.0 Å². The van der Waals surface area contributed by atoms with Gasteiger partial charge >= 0.3 is 5.97 Å². The third-order valence-electron chi connectivity index (χ3n) is 6.04. The number of aromatic nitrogens is 1. The van der Waals surface area contributed by atoms with E-state index in [0.29, 0.717) is 16.7 Å². The van der Waals surface area contributed by atoms with Crippen LogP contribution in [0.1, 0.15) is 66.7 Å². The van der Waals surface area contributed by atoms with Gasteiger partial charge in [0.05, 0.1) is 16.8 Å². The van der Waals surface area contributed by atoms with E-state index in [1.165, 1.54) is 12.8 Å². The van der Waals surface area contributed by atoms with Gasteiger partial charge in [-0.3, -0.25) is 4.79 Å². The van der Waals surface area contributed by atoms with Crippen molar-refractivity contribution in [2.24, 2.45) is 5.92 Å². The van der Waals surface area contributed by atoms with Gasteiger partial charge in [-0.1, -0.05) is 11.6 Å². The van der Waals surface area contributed by atoms with Crippen molar-refractivity contribution in [3.63, 3.8) is 0 Å². The Bertz CT molecular complexity index is 1090. The van der Waals surface area contributed by atoms with Gasteiger partial charge in [0.25, 0.3) is 5.56 Å². The van der Waals surface area contributed by atoms with Crippen LogP contribution < -0.4 is 10.3 Å². The zero-order valence-corrected chi connectivity index (χ0v) is 17.8. The Balaban J connectivity index is 1.68. The van der Waals surface area contributed by atoms with Crippen LogP contribution in [0.15, 0.2) is 27.9 Å². The number of pyridine rings is 1. The van der Waals surface area contributed by atoms with Gasteiger partial charge in [0, 0.05) is 21.8 Å². The molecule has 2 heterocycles. The zero-order chi connectivity index (χ0) is 20.4. The highest BCUT2D eigenvalue weighted by Gasteiger charge is 2.36. The fraction of sp³-hybridized carbons (Fsp3) is 0.455. The number of ether oxygens (including phenoxy) is 1. The number of nitrogens with zero attached hydrogens (tertiary/aromatic N) is 1. The number of rotatable bonds is 5. The van der Waals surface area contributed by atoms with Gasteiger partial charge in [-0.15, -0.1) is 11.8 Å². The summed E-state index contributed by atoms with van der Waals surface area (Å²) in [5.41, 5.74) is 1.99.